The molecule has 3 atom stereocenters. The average molecular weight is 365 g/mol. The zero-order chi connectivity index (χ0) is 19.7. The van der Waals surface area contributed by atoms with Crippen molar-refractivity contribution in [3.05, 3.63) is 35.9 Å². The van der Waals surface area contributed by atoms with Crippen molar-refractivity contribution >= 4 is 12.1 Å². The second kappa shape index (κ2) is 10.2. The van der Waals surface area contributed by atoms with E-state index in [-0.39, 0.29) is 18.9 Å². The monoisotopic (exact) mass is 365 g/mol. The third kappa shape index (κ3) is 8.34. The summed E-state index contributed by atoms with van der Waals surface area (Å²) in [7, 11) is 0. The lowest BCUT2D eigenvalue weighted by atomic mass is 9.93. The summed E-state index contributed by atoms with van der Waals surface area (Å²) in [5.41, 5.74) is 0.240. The fourth-order valence-corrected chi connectivity index (χ4v) is 2.41. The van der Waals surface area contributed by atoms with E-state index in [1.165, 1.54) is 0 Å². The van der Waals surface area contributed by atoms with Crippen molar-refractivity contribution in [1.29, 1.82) is 0 Å². The molecule has 1 amide bonds. The van der Waals surface area contributed by atoms with Crippen LogP contribution in [-0.2, 0) is 20.9 Å². The Bertz CT molecular complexity index is 567. The molecule has 0 unspecified atom stereocenters. The molecule has 6 heteroatoms. The standard InChI is InChI=1S/C20H31NO5/c1-6-14(2)18(21-19(24)26-20(3,4)5)16(22)12-17(23)25-13-15-10-8-7-9-11-15/h7-11,14,16,18,22H,6,12-13H2,1-5H3,(H,21,24)/t14-,16-,18-/m0/s1. The molecule has 0 saturated carbocycles. The van der Waals surface area contributed by atoms with E-state index in [1.54, 1.807) is 20.8 Å². The summed E-state index contributed by atoms with van der Waals surface area (Å²) in [4.78, 5) is 24.1. The fourth-order valence-electron chi connectivity index (χ4n) is 2.41. The highest BCUT2D eigenvalue weighted by molar-refractivity contribution is 5.71. The summed E-state index contributed by atoms with van der Waals surface area (Å²) in [5, 5.41) is 13.1. The number of benzene rings is 1. The van der Waals surface area contributed by atoms with E-state index in [2.05, 4.69) is 5.32 Å². The van der Waals surface area contributed by atoms with E-state index >= 15 is 0 Å². The van der Waals surface area contributed by atoms with Gasteiger partial charge in [0, 0.05) is 0 Å². The lowest BCUT2D eigenvalue weighted by Gasteiger charge is -2.30. The Morgan fingerprint density at radius 1 is 1.19 bits per heavy atom. The van der Waals surface area contributed by atoms with Gasteiger partial charge in [-0.25, -0.2) is 4.79 Å². The molecule has 26 heavy (non-hydrogen) atoms. The lowest BCUT2D eigenvalue weighted by molar-refractivity contribution is -0.147. The first-order valence-electron chi connectivity index (χ1n) is 8.99. The molecule has 0 aliphatic carbocycles. The third-order valence-corrected chi connectivity index (χ3v) is 3.97. The topological polar surface area (TPSA) is 84.9 Å². The van der Waals surface area contributed by atoms with Crippen LogP contribution in [0.5, 0.6) is 0 Å². The van der Waals surface area contributed by atoms with E-state index in [4.69, 9.17) is 9.47 Å². The van der Waals surface area contributed by atoms with Crippen LogP contribution in [0.2, 0.25) is 0 Å². The average Bonchev–Trinajstić information content (AvgIpc) is 2.56. The number of hydrogen-bond acceptors (Lipinski definition) is 5. The summed E-state index contributed by atoms with van der Waals surface area (Å²) in [6.45, 7) is 9.31. The van der Waals surface area contributed by atoms with Crippen molar-refractivity contribution in [2.75, 3.05) is 0 Å². The van der Waals surface area contributed by atoms with Crippen LogP contribution < -0.4 is 5.32 Å². The highest BCUT2D eigenvalue weighted by Gasteiger charge is 2.30. The van der Waals surface area contributed by atoms with Gasteiger partial charge in [0.05, 0.1) is 18.6 Å². The van der Waals surface area contributed by atoms with Crippen LogP contribution in [-0.4, -0.2) is 34.9 Å². The molecule has 0 spiro atoms. The number of carbonyl (C=O) groups is 2. The van der Waals surface area contributed by atoms with Gasteiger partial charge in [0.15, 0.2) is 0 Å². The summed E-state index contributed by atoms with van der Waals surface area (Å²) >= 11 is 0. The van der Waals surface area contributed by atoms with Crippen LogP contribution >= 0.6 is 0 Å². The number of ether oxygens (including phenoxy) is 2. The third-order valence-electron chi connectivity index (χ3n) is 3.97. The maximum atomic E-state index is 12.0. The van der Waals surface area contributed by atoms with E-state index in [1.807, 2.05) is 44.2 Å². The summed E-state index contributed by atoms with van der Waals surface area (Å²) < 4.78 is 10.5. The van der Waals surface area contributed by atoms with E-state index in [9.17, 15) is 14.7 Å². The summed E-state index contributed by atoms with van der Waals surface area (Å²) in [6.07, 6.45) is -1.13. The highest BCUT2D eigenvalue weighted by Crippen LogP contribution is 2.16. The fraction of sp³-hybridized carbons (Fsp3) is 0.600. The first kappa shape index (κ1) is 22.0. The van der Waals surface area contributed by atoms with Crippen molar-refractivity contribution in [1.82, 2.24) is 5.32 Å². The number of hydrogen-bond donors (Lipinski definition) is 2. The Labute approximate surface area is 155 Å². The van der Waals surface area contributed by atoms with Crippen LogP contribution in [0.25, 0.3) is 0 Å². The van der Waals surface area contributed by atoms with Crippen molar-refractivity contribution < 1.29 is 24.2 Å². The van der Waals surface area contributed by atoms with Crippen molar-refractivity contribution in [3.8, 4) is 0 Å². The Morgan fingerprint density at radius 3 is 2.35 bits per heavy atom. The predicted octanol–water partition coefficient (Wildman–Crippen LogP) is 3.42. The number of esters is 1. The molecule has 1 aromatic rings. The molecule has 1 rings (SSSR count). The van der Waals surface area contributed by atoms with Gasteiger partial charge in [-0.05, 0) is 32.3 Å². The van der Waals surface area contributed by atoms with Gasteiger partial charge < -0.3 is 19.9 Å². The molecule has 0 fully saturated rings. The van der Waals surface area contributed by atoms with Gasteiger partial charge in [-0.2, -0.15) is 0 Å². The van der Waals surface area contributed by atoms with Crippen molar-refractivity contribution in [2.45, 2.75) is 71.8 Å². The predicted molar refractivity (Wildman–Crippen MR) is 99.5 cm³/mol. The van der Waals surface area contributed by atoms with E-state index in [0.717, 1.165) is 12.0 Å². The number of carbonyl (C=O) groups excluding carboxylic acids is 2. The number of alkyl carbamates (subject to hydrolysis) is 1. The SMILES string of the molecule is CC[C@H](C)[C@H](NC(=O)OC(C)(C)C)[C@@H](O)CC(=O)OCc1ccccc1. The Balaban J connectivity index is 2.60. The molecule has 2 N–H and O–H groups in total. The van der Waals surface area contributed by atoms with Gasteiger partial charge in [0.2, 0.25) is 0 Å². The number of rotatable bonds is 8. The lowest BCUT2D eigenvalue weighted by Crippen LogP contribution is -2.49. The van der Waals surface area contributed by atoms with Crippen molar-refractivity contribution in [2.24, 2.45) is 5.92 Å². The van der Waals surface area contributed by atoms with Crippen LogP contribution in [0.3, 0.4) is 0 Å². The molecule has 6 nitrogen and oxygen atoms in total. The maximum Gasteiger partial charge on any atom is 0.407 e. The van der Waals surface area contributed by atoms with Gasteiger partial charge in [-0.15, -0.1) is 0 Å². The van der Waals surface area contributed by atoms with E-state index in [0.29, 0.717) is 0 Å². The van der Waals surface area contributed by atoms with Crippen LogP contribution in [0.15, 0.2) is 30.3 Å². The minimum atomic E-state index is -1.05. The quantitative estimate of drug-likeness (QED) is 0.690. The van der Waals surface area contributed by atoms with Crippen LogP contribution in [0.4, 0.5) is 4.79 Å². The Kier molecular flexibility index (Phi) is 8.58. The molecule has 0 aliphatic heterocycles. The molecule has 0 heterocycles. The molecule has 0 aromatic heterocycles. The second-order valence-electron chi connectivity index (χ2n) is 7.48. The first-order chi connectivity index (χ1) is 12.1. The number of amides is 1. The molecule has 0 saturated heterocycles. The molecule has 0 bridgehead atoms. The van der Waals surface area contributed by atoms with Gasteiger partial charge >= 0.3 is 12.1 Å². The molecule has 1 aromatic carbocycles. The number of nitrogens with one attached hydrogen (secondary N) is 1. The normalized spacial score (nSPS) is 14.8. The number of aliphatic hydroxyl groups is 1. The van der Waals surface area contributed by atoms with E-state index < -0.39 is 29.8 Å². The minimum absolute atomic E-state index is 0.0283. The van der Waals surface area contributed by atoms with Crippen LogP contribution in [0.1, 0.15) is 53.0 Å². The molecular formula is C20H31NO5. The van der Waals surface area contributed by atoms with Gasteiger partial charge in [-0.3, -0.25) is 4.79 Å². The van der Waals surface area contributed by atoms with Gasteiger partial charge in [-0.1, -0.05) is 50.6 Å². The largest absolute Gasteiger partial charge is 0.461 e. The number of aliphatic hydroxyl groups excluding tert-OH is 1. The van der Waals surface area contributed by atoms with Gasteiger partial charge in [0.1, 0.15) is 12.2 Å². The Hall–Kier alpha value is -2.08. The molecular weight excluding hydrogens is 334 g/mol. The van der Waals surface area contributed by atoms with Crippen molar-refractivity contribution in [3.63, 3.8) is 0 Å². The minimum Gasteiger partial charge on any atom is -0.461 e. The maximum absolute atomic E-state index is 12.0. The molecule has 0 aliphatic rings. The second-order valence-corrected chi connectivity index (χ2v) is 7.48. The zero-order valence-electron chi connectivity index (χ0n) is 16.3. The smallest absolute Gasteiger partial charge is 0.407 e. The molecule has 0 radical (unpaired) electrons. The summed E-state index contributed by atoms with van der Waals surface area (Å²) in [5.74, 6) is -0.542. The molecule has 146 valence electrons. The zero-order valence-corrected chi connectivity index (χ0v) is 16.3. The Morgan fingerprint density at radius 2 is 1.81 bits per heavy atom. The summed E-state index contributed by atoms with van der Waals surface area (Å²) in [6, 6.07) is 8.72. The highest BCUT2D eigenvalue weighted by atomic mass is 16.6. The first-order valence-corrected chi connectivity index (χ1v) is 8.99. The van der Waals surface area contributed by atoms with Crippen LogP contribution in [0, 0.1) is 5.92 Å². The van der Waals surface area contributed by atoms with Gasteiger partial charge in [0.25, 0.3) is 0 Å².